The number of carbonyl (C=O) groups is 2. The second-order valence-electron chi connectivity index (χ2n) is 18.4. The van der Waals surface area contributed by atoms with Crippen LogP contribution in [0.3, 0.4) is 0 Å². The molecule has 0 unspecified atom stereocenters. The van der Waals surface area contributed by atoms with Crippen molar-refractivity contribution < 1.29 is 29.1 Å². The Hall–Kier alpha value is -5.62. The van der Waals surface area contributed by atoms with Crippen LogP contribution in [0.1, 0.15) is 69.0 Å². The van der Waals surface area contributed by atoms with Crippen LogP contribution in [0, 0.1) is 18.8 Å². The minimum atomic E-state index is -0.817. The van der Waals surface area contributed by atoms with Crippen molar-refractivity contribution in [2.45, 2.75) is 77.1 Å². The number of para-hydroxylation sites is 1. The number of fused-ring (bicyclic) bond motifs is 3. The molecule has 0 bridgehead atoms. The van der Waals surface area contributed by atoms with Crippen LogP contribution in [0.4, 0.5) is 11.5 Å². The molecule has 3 saturated heterocycles. The summed E-state index contributed by atoms with van der Waals surface area (Å²) in [5.41, 5.74) is 7.23. The fourth-order valence-corrected chi connectivity index (χ4v) is 10.8. The zero-order valence-corrected chi connectivity index (χ0v) is 38.4. The molecule has 2 aromatic carbocycles. The third-order valence-electron chi connectivity index (χ3n) is 13.6. The van der Waals surface area contributed by atoms with Crippen LogP contribution in [0.25, 0.3) is 21.7 Å². The number of aryl methyl sites for hydroxylation is 1. The highest BCUT2D eigenvalue weighted by molar-refractivity contribution is 7.13. The molecular weight excluding hydrogens is 845 g/mol. The van der Waals surface area contributed by atoms with Crippen molar-refractivity contribution >= 4 is 34.7 Å². The Bertz CT molecular complexity index is 2440. The number of anilines is 2. The Labute approximate surface area is 384 Å². The number of phenols is 1. The number of ether oxygens (including phenoxy) is 1. The van der Waals surface area contributed by atoms with E-state index in [0.717, 1.165) is 98.4 Å². The van der Waals surface area contributed by atoms with Crippen LogP contribution in [0.2, 0.25) is 0 Å². The van der Waals surface area contributed by atoms with Crippen LogP contribution in [0.15, 0.2) is 70.7 Å². The summed E-state index contributed by atoms with van der Waals surface area (Å²) < 4.78 is 11.8. The van der Waals surface area contributed by atoms with E-state index in [1.54, 1.807) is 23.5 Å². The van der Waals surface area contributed by atoms with Gasteiger partial charge in [-0.05, 0) is 86.1 Å². The molecule has 3 aromatic heterocycles. The van der Waals surface area contributed by atoms with Crippen molar-refractivity contribution in [2.24, 2.45) is 11.8 Å². The van der Waals surface area contributed by atoms with E-state index >= 15 is 0 Å². The van der Waals surface area contributed by atoms with E-state index in [9.17, 15) is 19.8 Å². The molecular formula is C48H60N10O6S. The predicted molar refractivity (Wildman–Crippen MR) is 249 cm³/mol. The Morgan fingerprint density at radius 3 is 2.55 bits per heavy atom. The number of phenolic OH excluding ortho intramolecular Hbond substituents is 1. The monoisotopic (exact) mass is 904 g/mol. The lowest BCUT2D eigenvalue weighted by molar-refractivity contribution is -0.141. The largest absolute Gasteiger partial charge is 0.507 e. The van der Waals surface area contributed by atoms with Crippen LogP contribution in [0.5, 0.6) is 11.6 Å². The van der Waals surface area contributed by atoms with Gasteiger partial charge >= 0.3 is 0 Å². The van der Waals surface area contributed by atoms with Crippen molar-refractivity contribution in [1.82, 2.24) is 40.4 Å². The number of aromatic hydroxyl groups is 1. The van der Waals surface area contributed by atoms with Gasteiger partial charge in [0.05, 0.1) is 45.7 Å². The van der Waals surface area contributed by atoms with Gasteiger partial charge in [-0.1, -0.05) is 50.2 Å². The van der Waals surface area contributed by atoms with E-state index in [4.69, 9.17) is 9.26 Å². The van der Waals surface area contributed by atoms with Crippen molar-refractivity contribution in [3.63, 3.8) is 0 Å². The van der Waals surface area contributed by atoms with Gasteiger partial charge in [0.1, 0.15) is 24.3 Å². The van der Waals surface area contributed by atoms with Gasteiger partial charge in [0.15, 0.2) is 11.6 Å². The van der Waals surface area contributed by atoms with Gasteiger partial charge in [0, 0.05) is 63.9 Å². The first-order valence-corrected chi connectivity index (χ1v) is 23.9. The molecule has 7 heterocycles. The summed E-state index contributed by atoms with van der Waals surface area (Å²) in [7, 11) is 0. The second kappa shape index (κ2) is 19.5. The van der Waals surface area contributed by atoms with Crippen LogP contribution >= 0.6 is 11.3 Å². The third-order valence-corrected chi connectivity index (χ3v) is 14.6. The van der Waals surface area contributed by atoms with E-state index in [1.807, 2.05) is 81.7 Å². The molecule has 65 heavy (non-hydrogen) atoms. The van der Waals surface area contributed by atoms with Gasteiger partial charge in [-0.25, -0.2) is 4.98 Å². The second-order valence-corrected chi connectivity index (χ2v) is 19.3. The molecule has 344 valence electrons. The number of amides is 2. The van der Waals surface area contributed by atoms with Gasteiger partial charge in [0.2, 0.25) is 11.8 Å². The number of hydrogen-bond donors (Lipinski definition) is 4. The maximum atomic E-state index is 14.2. The highest BCUT2D eigenvalue weighted by atomic mass is 32.1. The molecule has 4 aliphatic heterocycles. The third kappa shape index (κ3) is 9.83. The van der Waals surface area contributed by atoms with Crippen LogP contribution in [-0.2, 0) is 9.59 Å². The normalized spacial score (nSPS) is 21.4. The van der Waals surface area contributed by atoms with E-state index in [0.29, 0.717) is 41.5 Å². The van der Waals surface area contributed by atoms with E-state index in [1.165, 1.54) is 4.90 Å². The Balaban J connectivity index is 0.725. The summed E-state index contributed by atoms with van der Waals surface area (Å²) in [4.78, 5) is 42.4. The summed E-state index contributed by atoms with van der Waals surface area (Å²) in [5, 5.41) is 40.7. The molecule has 0 radical (unpaired) electrons. The number of hydrogen-bond acceptors (Lipinski definition) is 15. The van der Waals surface area contributed by atoms with Crippen LogP contribution in [-0.4, -0.2) is 141 Å². The molecule has 16 nitrogen and oxygen atoms in total. The fourth-order valence-electron chi connectivity index (χ4n) is 9.98. The number of benzene rings is 2. The summed E-state index contributed by atoms with van der Waals surface area (Å²) in [6, 6.07) is 18.3. The number of aliphatic hydroxyl groups is 1. The summed E-state index contributed by atoms with van der Waals surface area (Å²) in [6.07, 6.45) is 1.60. The zero-order valence-electron chi connectivity index (χ0n) is 37.6. The summed E-state index contributed by atoms with van der Waals surface area (Å²) >= 11 is 1.59. The molecule has 9 rings (SSSR count). The Morgan fingerprint density at radius 1 is 1.00 bits per heavy atom. The first-order chi connectivity index (χ1) is 31.5. The molecule has 4 aliphatic rings. The van der Waals surface area contributed by atoms with Gasteiger partial charge in [-0.3, -0.25) is 19.4 Å². The molecule has 0 spiro atoms. The standard InChI is InChI=1S/C48H60N10O6S/c1-29(2)44(48(62)58-27-36(59)21-40(58)47(61)51-30(3)33-9-11-34(12-10-33)45-31(4)50-28-65-45)42-23-43(54-64-42)63-20-19-55-15-13-32(14-16-55)25-56-17-18-57-35(26-56)24-49-46-39(57)22-38(52-53-46)37-7-5-6-8-41(37)60/h5-12,22-23,28-30,32,35-36,40,44,59-60H,13-21,24-27H2,1-4H3,(H,49,53)(H,51,61)/t30-,35+,36+,40-,44-/m0/s1. The number of piperazine rings is 1. The first kappa shape index (κ1) is 44.6. The number of likely N-dealkylation sites (tertiary alicyclic amines) is 2. The number of piperidine rings is 1. The molecule has 17 heteroatoms. The van der Waals surface area contributed by atoms with E-state index in [-0.39, 0.29) is 42.5 Å². The van der Waals surface area contributed by atoms with Crippen molar-refractivity contribution in [3.05, 3.63) is 83.2 Å². The first-order valence-electron chi connectivity index (χ1n) is 23.0. The number of aromatic nitrogens is 4. The number of thiazole rings is 1. The quantitative estimate of drug-likeness (QED) is 0.109. The number of carbonyl (C=O) groups excluding carboxylic acids is 2. The van der Waals surface area contributed by atoms with E-state index in [2.05, 4.69) is 45.7 Å². The maximum absolute atomic E-state index is 14.2. The van der Waals surface area contributed by atoms with Crippen molar-refractivity contribution in [2.75, 3.05) is 75.7 Å². The molecule has 5 atom stereocenters. The van der Waals surface area contributed by atoms with Gasteiger partial charge in [0.25, 0.3) is 5.88 Å². The van der Waals surface area contributed by atoms with Gasteiger partial charge in [-0.2, -0.15) is 0 Å². The van der Waals surface area contributed by atoms with Crippen LogP contribution < -0.4 is 20.3 Å². The fraction of sp³-hybridized carbons (Fsp3) is 0.500. The molecule has 0 saturated carbocycles. The SMILES string of the molecule is Cc1ncsc1-c1ccc([C@H](C)NC(=O)[C@@H]2C[C@@H](O)CN2C(=O)[C@H](c2cc(OCCN3CCC(CN4CCN5c6cc(-c7ccccc7O)nnc6NC[C@@H]5C4)CC3)no2)C(C)C)cc1. The lowest BCUT2D eigenvalue weighted by Gasteiger charge is -2.47. The Kier molecular flexibility index (Phi) is 13.3. The number of rotatable bonds is 14. The smallest absolute Gasteiger partial charge is 0.254 e. The summed E-state index contributed by atoms with van der Waals surface area (Å²) in [6.45, 7) is 15.8. The maximum Gasteiger partial charge on any atom is 0.254 e. The number of nitrogens with zero attached hydrogens (tertiary/aromatic N) is 8. The van der Waals surface area contributed by atoms with Crippen molar-refractivity contribution in [1.29, 1.82) is 0 Å². The molecule has 2 amide bonds. The van der Waals surface area contributed by atoms with Crippen molar-refractivity contribution in [3.8, 4) is 33.3 Å². The lowest BCUT2D eigenvalue weighted by atomic mass is 9.91. The van der Waals surface area contributed by atoms with Gasteiger partial charge < -0.3 is 39.9 Å². The van der Waals surface area contributed by atoms with Gasteiger partial charge in [-0.15, -0.1) is 21.5 Å². The molecule has 4 N–H and O–H groups in total. The highest BCUT2D eigenvalue weighted by Gasteiger charge is 2.44. The minimum absolute atomic E-state index is 0.0643. The Morgan fingerprint density at radius 2 is 1.80 bits per heavy atom. The molecule has 3 fully saturated rings. The minimum Gasteiger partial charge on any atom is -0.507 e. The average Bonchev–Trinajstić information content (AvgIpc) is 4.07. The number of aliphatic hydroxyl groups excluding tert-OH is 1. The topological polar surface area (TPSA) is 186 Å². The average molecular weight is 905 g/mol. The highest BCUT2D eigenvalue weighted by Crippen LogP contribution is 2.37. The number of β-amino-alcohol motifs (C(OH)–C–C–N with tert-alkyl or cyclic N) is 1. The summed E-state index contributed by atoms with van der Waals surface area (Å²) in [5.74, 6) is 0.887. The number of nitrogens with one attached hydrogen (secondary N) is 2. The molecule has 5 aromatic rings. The predicted octanol–water partition coefficient (Wildman–Crippen LogP) is 5.56. The lowest BCUT2D eigenvalue weighted by Crippen LogP contribution is -2.58. The molecule has 0 aliphatic carbocycles. The van der Waals surface area contributed by atoms with E-state index < -0.39 is 18.1 Å². The zero-order chi connectivity index (χ0) is 45.2.